The Morgan fingerprint density at radius 1 is 1.29 bits per heavy atom. The quantitative estimate of drug-likeness (QED) is 0.813. The highest BCUT2D eigenvalue weighted by Gasteiger charge is 2.12. The van der Waals surface area contributed by atoms with Gasteiger partial charge in [-0.15, -0.1) is 0 Å². The average molecular weight is 293 g/mol. The summed E-state index contributed by atoms with van der Waals surface area (Å²) in [4.78, 5) is 1.97. The maximum absolute atomic E-state index is 12.9. The maximum Gasteiger partial charge on any atom is 0.129 e. The van der Waals surface area contributed by atoms with Crippen LogP contribution < -0.4 is 4.90 Å². The molecule has 0 amide bonds. The van der Waals surface area contributed by atoms with E-state index in [-0.39, 0.29) is 12.4 Å². The van der Waals surface area contributed by atoms with Crippen molar-refractivity contribution >= 4 is 5.69 Å². The number of ether oxygens (including phenoxy) is 1. The number of likely N-dealkylation sites (N-methyl/N-ethyl adjacent to an activating group) is 1. The first-order valence-electron chi connectivity index (χ1n) is 6.97. The molecule has 0 aliphatic rings. The van der Waals surface area contributed by atoms with Crippen LogP contribution in [0.3, 0.4) is 0 Å². The summed E-state index contributed by atoms with van der Waals surface area (Å²) in [5.74, 6) is 0.463. The van der Waals surface area contributed by atoms with Crippen LogP contribution in [0, 0.1) is 5.82 Å². The Kier molecular flexibility index (Phi) is 5.78. The Hall–Kier alpha value is -1.85. The summed E-state index contributed by atoms with van der Waals surface area (Å²) in [6.45, 7) is 3.70. The van der Waals surface area contributed by atoms with E-state index in [0.717, 1.165) is 18.0 Å². The van der Waals surface area contributed by atoms with Crippen molar-refractivity contribution in [1.29, 1.82) is 0 Å². The predicted octanol–water partition coefficient (Wildman–Crippen LogP) is 2.82. The van der Waals surface area contributed by atoms with Gasteiger partial charge in [0.25, 0.3) is 0 Å². The molecule has 1 heterocycles. The van der Waals surface area contributed by atoms with E-state index < -0.39 is 6.10 Å². The lowest BCUT2D eigenvalue weighted by Crippen LogP contribution is -2.34. The van der Waals surface area contributed by atoms with Crippen LogP contribution in [-0.2, 0) is 11.3 Å². The van der Waals surface area contributed by atoms with Gasteiger partial charge in [-0.2, -0.15) is 0 Å². The molecule has 21 heavy (non-hydrogen) atoms. The van der Waals surface area contributed by atoms with Crippen LogP contribution in [0.5, 0.6) is 0 Å². The van der Waals surface area contributed by atoms with Gasteiger partial charge in [-0.05, 0) is 43.3 Å². The molecule has 114 valence electrons. The van der Waals surface area contributed by atoms with Crippen LogP contribution in [0.4, 0.5) is 10.1 Å². The molecule has 0 spiro atoms. The third-order valence-corrected chi connectivity index (χ3v) is 3.14. The summed E-state index contributed by atoms with van der Waals surface area (Å²) in [5.41, 5.74) is 0.879. The second kappa shape index (κ2) is 7.81. The number of aliphatic hydroxyl groups is 1. The van der Waals surface area contributed by atoms with Gasteiger partial charge in [0.1, 0.15) is 18.2 Å². The van der Waals surface area contributed by atoms with Crippen molar-refractivity contribution < 1.29 is 18.7 Å². The second-order valence-electron chi connectivity index (χ2n) is 4.76. The van der Waals surface area contributed by atoms with Gasteiger partial charge in [0.05, 0.1) is 19.0 Å². The van der Waals surface area contributed by atoms with Crippen molar-refractivity contribution in [3.05, 3.63) is 54.2 Å². The highest BCUT2D eigenvalue weighted by Crippen LogP contribution is 2.15. The molecule has 0 bridgehead atoms. The van der Waals surface area contributed by atoms with Crippen LogP contribution in [-0.4, -0.2) is 30.9 Å². The zero-order chi connectivity index (χ0) is 15.1. The van der Waals surface area contributed by atoms with Crippen LogP contribution >= 0.6 is 0 Å². The van der Waals surface area contributed by atoms with Crippen LogP contribution in [0.25, 0.3) is 0 Å². The lowest BCUT2D eigenvalue weighted by molar-refractivity contribution is 0.0256. The number of hydrogen-bond donors (Lipinski definition) is 1. The van der Waals surface area contributed by atoms with Gasteiger partial charge < -0.3 is 19.2 Å². The Morgan fingerprint density at radius 2 is 2.05 bits per heavy atom. The molecule has 2 aromatic rings. The minimum Gasteiger partial charge on any atom is -0.467 e. The summed E-state index contributed by atoms with van der Waals surface area (Å²) in [5, 5.41) is 10.0. The SMILES string of the molecule is CCN(CC(O)COCc1ccco1)c1ccc(F)cc1. The fourth-order valence-electron chi connectivity index (χ4n) is 2.07. The van der Waals surface area contributed by atoms with Crippen molar-refractivity contribution in [3.8, 4) is 0 Å². The molecule has 2 rings (SSSR count). The van der Waals surface area contributed by atoms with Crippen LogP contribution in [0.1, 0.15) is 12.7 Å². The van der Waals surface area contributed by atoms with Crippen molar-refractivity contribution in [1.82, 2.24) is 0 Å². The van der Waals surface area contributed by atoms with E-state index in [1.807, 2.05) is 17.9 Å². The monoisotopic (exact) mass is 293 g/mol. The lowest BCUT2D eigenvalue weighted by Gasteiger charge is -2.25. The smallest absolute Gasteiger partial charge is 0.129 e. The fourth-order valence-corrected chi connectivity index (χ4v) is 2.07. The van der Waals surface area contributed by atoms with Crippen molar-refractivity contribution in [3.63, 3.8) is 0 Å². The average Bonchev–Trinajstić information content (AvgIpc) is 2.99. The fraction of sp³-hybridized carbons (Fsp3) is 0.375. The third-order valence-electron chi connectivity index (χ3n) is 3.14. The van der Waals surface area contributed by atoms with Crippen molar-refractivity contribution in [2.45, 2.75) is 19.6 Å². The van der Waals surface area contributed by atoms with E-state index in [1.165, 1.54) is 12.1 Å². The van der Waals surface area contributed by atoms with Crippen LogP contribution in [0.15, 0.2) is 47.1 Å². The first-order valence-corrected chi connectivity index (χ1v) is 6.97. The zero-order valence-corrected chi connectivity index (χ0v) is 12.0. The molecule has 1 atom stereocenters. The highest BCUT2D eigenvalue weighted by atomic mass is 19.1. The molecule has 1 unspecified atom stereocenters. The summed E-state index contributed by atoms with van der Waals surface area (Å²) in [6, 6.07) is 9.85. The number of halogens is 1. The molecular formula is C16H20FNO3. The number of rotatable bonds is 8. The lowest BCUT2D eigenvalue weighted by atomic mass is 10.2. The molecule has 1 aromatic carbocycles. The van der Waals surface area contributed by atoms with Gasteiger partial charge in [0, 0.05) is 18.8 Å². The van der Waals surface area contributed by atoms with Crippen molar-refractivity contribution in [2.75, 3.05) is 24.6 Å². The standard InChI is InChI=1S/C16H20FNO3/c1-2-18(14-7-5-13(17)6-8-14)10-15(19)11-20-12-16-4-3-9-21-16/h3-9,15,19H,2,10-12H2,1H3. The molecule has 0 saturated carbocycles. The summed E-state index contributed by atoms with van der Waals surface area (Å²) < 4.78 is 23.5. The van der Waals surface area contributed by atoms with Gasteiger partial charge in [0.15, 0.2) is 0 Å². The Labute approximate surface area is 123 Å². The van der Waals surface area contributed by atoms with E-state index in [1.54, 1.807) is 24.5 Å². The van der Waals surface area contributed by atoms with Gasteiger partial charge in [0.2, 0.25) is 0 Å². The number of aliphatic hydroxyl groups excluding tert-OH is 1. The second-order valence-corrected chi connectivity index (χ2v) is 4.76. The minimum absolute atomic E-state index is 0.221. The third kappa shape index (κ3) is 4.88. The molecule has 1 N–H and O–H groups in total. The largest absolute Gasteiger partial charge is 0.467 e. The number of nitrogens with zero attached hydrogens (tertiary/aromatic N) is 1. The predicted molar refractivity (Wildman–Crippen MR) is 78.7 cm³/mol. The van der Waals surface area contributed by atoms with E-state index in [9.17, 15) is 9.50 Å². The first-order chi connectivity index (χ1) is 10.2. The number of anilines is 1. The van der Waals surface area contributed by atoms with Crippen molar-refractivity contribution in [2.24, 2.45) is 0 Å². The van der Waals surface area contributed by atoms with Gasteiger partial charge >= 0.3 is 0 Å². The van der Waals surface area contributed by atoms with E-state index in [2.05, 4.69) is 0 Å². The van der Waals surface area contributed by atoms with Gasteiger partial charge in [-0.1, -0.05) is 0 Å². The van der Waals surface area contributed by atoms with Gasteiger partial charge in [-0.25, -0.2) is 4.39 Å². The molecule has 0 radical (unpaired) electrons. The number of furan rings is 1. The highest BCUT2D eigenvalue weighted by molar-refractivity contribution is 5.46. The van der Waals surface area contributed by atoms with E-state index in [0.29, 0.717) is 13.2 Å². The van der Waals surface area contributed by atoms with E-state index in [4.69, 9.17) is 9.15 Å². The Bertz CT molecular complexity index is 513. The molecular weight excluding hydrogens is 273 g/mol. The van der Waals surface area contributed by atoms with Crippen LogP contribution in [0.2, 0.25) is 0 Å². The summed E-state index contributed by atoms with van der Waals surface area (Å²) in [6.07, 6.45) is 0.965. The van der Waals surface area contributed by atoms with Gasteiger partial charge in [-0.3, -0.25) is 0 Å². The normalized spacial score (nSPS) is 12.3. The minimum atomic E-state index is -0.620. The van der Waals surface area contributed by atoms with E-state index >= 15 is 0 Å². The Morgan fingerprint density at radius 3 is 2.67 bits per heavy atom. The molecule has 0 aliphatic heterocycles. The molecule has 5 heteroatoms. The molecule has 0 aliphatic carbocycles. The number of hydrogen-bond acceptors (Lipinski definition) is 4. The summed E-state index contributed by atoms with van der Waals surface area (Å²) in [7, 11) is 0. The summed E-state index contributed by atoms with van der Waals surface area (Å²) >= 11 is 0. The zero-order valence-electron chi connectivity index (χ0n) is 12.0. The molecule has 1 aromatic heterocycles. The molecule has 0 fully saturated rings. The molecule has 4 nitrogen and oxygen atoms in total. The molecule has 0 saturated heterocycles. The first kappa shape index (κ1) is 15.5. The maximum atomic E-state index is 12.9. The topological polar surface area (TPSA) is 45.8 Å². The number of benzene rings is 1. The Balaban J connectivity index is 1.79.